The second-order valence-corrected chi connectivity index (χ2v) is 8.74. The van der Waals surface area contributed by atoms with Gasteiger partial charge in [0.1, 0.15) is 5.01 Å². The van der Waals surface area contributed by atoms with Crippen molar-refractivity contribution in [3.63, 3.8) is 0 Å². The fraction of sp³-hybridized carbons (Fsp3) is 0.789. The van der Waals surface area contributed by atoms with E-state index in [0.717, 1.165) is 36.6 Å². The van der Waals surface area contributed by atoms with Crippen LogP contribution in [0, 0.1) is 12.8 Å². The minimum Gasteiger partial charge on any atom is -0.349 e. The molecular weight excluding hydrogens is 332 g/mol. The summed E-state index contributed by atoms with van der Waals surface area (Å²) in [5, 5.41) is 6.14. The lowest BCUT2D eigenvalue weighted by Gasteiger charge is -2.43. The van der Waals surface area contributed by atoms with E-state index in [-0.39, 0.29) is 11.8 Å². The van der Waals surface area contributed by atoms with Gasteiger partial charge >= 0.3 is 0 Å². The van der Waals surface area contributed by atoms with Crippen LogP contribution in [0.3, 0.4) is 0 Å². The Morgan fingerprint density at radius 1 is 1.32 bits per heavy atom. The van der Waals surface area contributed by atoms with Gasteiger partial charge in [-0.15, -0.1) is 11.3 Å². The van der Waals surface area contributed by atoms with Crippen LogP contribution in [-0.4, -0.2) is 59.0 Å². The quantitative estimate of drug-likeness (QED) is 0.873. The van der Waals surface area contributed by atoms with Crippen molar-refractivity contribution < 1.29 is 4.79 Å². The van der Waals surface area contributed by atoms with Crippen molar-refractivity contribution in [2.24, 2.45) is 5.92 Å². The highest BCUT2D eigenvalue weighted by molar-refractivity contribution is 7.09. The normalized spacial score (nSPS) is 23.9. The highest BCUT2D eigenvalue weighted by Gasteiger charge is 2.31. The van der Waals surface area contributed by atoms with Crippen molar-refractivity contribution in [2.75, 3.05) is 26.2 Å². The van der Waals surface area contributed by atoms with E-state index in [1.165, 1.54) is 25.9 Å². The second kappa shape index (κ2) is 8.60. The SMILES string of the molecule is Cc1csc(CNC(=O)C2CCCN(C3CCN(C(C)C)CC3)C2)n1. The Labute approximate surface area is 155 Å². The number of aromatic nitrogens is 1. The molecule has 0 aromatic carbocycles. The molecule has 1 atom stereocenters. The molecule has 2 aliphatic heterocycles. The monoisotopic (exact) mass is 364 g/mol. The lowest BCUT2D eigenvalue weighted by molar-refractivity contribution is -0.127. The molecule has 2 saturated heterocycles. The number of nitrogens with zero attached hydrogens (tertiary/aromatic N) is 3. The molecule has 2 aliphatic rings. The predicted octanol–water partition coefficient (Wildman–Crippen LogP) is 2.65. The zero-order valence-electron chi connectivity index (χ0n) is 15.8. The summed E-state index contributed by atoms with van der Waals surface area (Å²) >= 11 is 1.62. The van der Waals surface area contributed by atoms with Gasteiger partial charge < -0.3 is 10.2 Å². The minimum atomic E-state index is 0.137. The van der Waals surface area contributed by atoms with Crippen molar-refractivity contribution in [2.45, 2.75) is 65.1 Å². The Hall–Kier alpha value is -0.980. The molecule has 0 aliphatic carbocycles. The van der Waals surface area contributed by atoms with Crippen LogP contribution in [0.4, 0.5) is 0 Å². The fourth-order valence-corrected chi connectivity index (χ4v) is 4.82. The molecule has 5 nitrogen and oxygen atoms in total. The van der Waals surface area contributed by atoms with Crippen LogP contribution < -0.4 is 5.32 Å². The first-order valence-corrected chi connectivity index (χ1v) is 10.6. The highest BCUT2D eigenvalue weighted by Crippen LogP contribution is 2.24. The van der Waals surface area contributed by atoms with E-state index in [0.29, 0.717) is 18.6 Å². The molecule has 140 valence electrons. The van der Waals surface area contributed by atoms with E-state index >= 15 is 0 Å². The molecule has 0 saturated carbocycles. The van der Waals surface area contributed by atoms with Gasteiger partial charge in [-0.3, -0.25) is 9.69 Å². The van der Waals surface area contributed by atoms with Gasteiger partial charge in [0.05, 0.1) is 12.5 Å². The zero-order valence-corrected chi connectivity index (χ0v) is 16.6. The number of nitrogens with one attached hydrogen (secondary N) is 1. The van der Waals surface area contributed by atoms with Gasteiger partial charge in [0.25, 0.3) is 0 Å². The van der Waals surface area contributed by atoms with Gasteiger partial charge in [0.2, 0.25) is 5.91 Å². The Balaban J connectivity index is 1.46. The Morgan fingerprint density at radius 3 is 2.72 bits per heavy atom. The van der Waals surface area contributed by atoms with Crippen LogP contribution in [0.1, 0.15) is 50.2 Å². The summed E-state index contributed by atoms with van der Waals surface area (Å²) in [7, 11) is 0. The van der Waals surface area contributed by atoms with Gasteiger partial charge in [-0.2, -0.15) is 0 Å². The standard InChI is InChI=1S/C19H32N4OS/c1-14(2)22-9-6-17(7-10-22)23-8-4-5-16(12-23)19(24)20-11-18-21-15(3)13-25-18/h13-14,16-17H,4-12H2,1-3H3,(H,20,24). The third kappa shape index (κ3) is 5.02. The van der Waals surface area contributed by atoms with Crippen LogP contribution >= 0.6 is 11.3 Å². The summed E-state index contributed by atoms with van der Waals surface area (Å²) in [6, 6.07) is 1.31. The Bertz CT molecular complexity index is 566. The van der Waals surface area contributed by atoms with E-state index in [1.54, 1.807) is 11.3 Å². The van der Waals surface area contributed by atoms with Crippen LogP contribution in [0.15, 0.2) is 5.38 Å². The molecule has 0 bridgehead atoms. The average Bonchev–Trinajstić information content (AvgIpc) is 3.05. The minimum absolute atomic E-state index is 0.137. The number of rotatable bonds is 5. The Morgan fingerprint density at radius 2 is 2.08 bits per heavy atom. The molecule has 0 radical (unpaired) electrons. The zero-order chi connectivity index (χ0) is 17.8. The molecule has 3 rings (SSSR count). The van der Waals surface area contributed by atoms with Crippen LogP contribution in [0.5, 0.6) is 0 Å². The van der Waals surface area contributed by atoms with Crippen molar-refractivity contribution in [1.82, 2.24) is 20.1 Å². The number of amides is 1. The summed E-state index contributed by atoms with van der Waals surface area (Å²) in [5.74, 6) is 0.343. The summed E-state index contributed by atoms with van der Waals surface area (Å²) in [6.07, 6.45) is 4.64. The number of piperidine rings is 2. The number of thiazole rings is 1. The van der Waals surface area contributed by atoms with Gasteiger partial charge in [0, 0.05) is 29.7 Å². The number of likely N-dealkylation sites (tertiary alicyclic amines) is 2. The predicted molar refractivity (Wildman–Crippen MR) is 103 cm³/mol. The van der Waals surface area contributed by atoms with E-state index in [2.05, 4.69) is 33.9 Å². The third-order valence-corrected chi connectivity index (χ3v) is 6.62. The molecule has 0 spiro atoms. The maximum atomic E-state index is 12.6. The van der Waals surface area contributed by atoms with E-state index in [4.69, 9.17) is 0 Å². The summed E-state index contributed by atoms with van der Waals surface area (Å²) < 4.78 is 0. The molecule has 1 aromatic heterocycles. The topological polar surface area (TPSA) is 48.5 Å². The molecule has 1 amide bonds. The van der Waals surface area contributed by atoms with Crippen molar-refractivity contribution in [1.29, 1.82) is 0 Å². The second-order valence-electron chi connectivity index (χ2n) is 7.80. The maximum absolute atomic E-state index is 12.6. The lowest BCUT2D eigenvalue weighted by atomic mass is 9.93. The van der Waals surface area contributed by atoms with Crippen molar-refractivity contribution >= 4 is 17.2 Å². The van der Waals surface area contributed by atoms with Gasteiger partial charge in [-0.05, 0) is 66.1 Å². The van der Waals surface area contributed by atoms with E-state index < -0.39 is 0 Å². The molecule has 1 unspecified atom stereocenters. The van der Waals surface area contributed by atoms with Crippen LogP contribution in [0.25, 0.3) is 0 Å². The fourth-order valence-electron chi connectivity index (χ4n) is 4.11. The molecule has 2 fully saturated rings. The Kier molecular flexibility index (Phi) is 6.47. The summed E-state index contributed by atoms with van der Waals surface area (Å²) in [6.45, 7) is 11.6. The van der Waals surface area contributed by atoms with Crippen molar-refractivity contribution in [3.8, 4) is 0 Å². The molecule has 25 heavy (non-hydrogen) atoms. The molecule has 6 heteroatoms. The highest BCUT2D eigenvalue weighted by atomic mass is 32.1. The first-order chi connectivity index (χ1) is 12.0. The summed E-state index contributed by atoms with van der Waals surface area (Å²) in [4.78, 5) is 22.2. The largest absolute Gasteiger partial charge is 0.349 e. The number of aryl methyl sites for hydroxylation is 1. The van der Waals surface area contributed by atoms with E-state index in [1.807, 2.05) is 12.3 Å². The van der Waals surface area contributed by atoms with Crippen molar-refractivity contribution in [3.05, 3.63) is 16.1 Å². The average molecular weight is 365 g/mol. The van der Waals surface area contributed by atoms with Gasteiger partial charge in [0.15, 0.2) is 0 Å². The van der Waals surface area contributed by atoms with Gasteiger partial charge in [-0.25, -0.2) is 4.98 Å². The number of carbonyl (C=O) groups excluding carboxylic acids is 1. The maximum Gasteiger partial charge on any atom is 0.224 e. The molecule has 1 N–H and O–H groups in total. The first-order valence-electron chi connectivity index (χ1n) is 9.69. The number of hydrogen-bond acceptors (Lipinski definition) is 5. The lowest BCUT2D eigenvalue weighted by Crippen LogP contribution is -2.51. The number of carbonyl (C=O) groups is 1. The number of hydrogen-bond donors (Lipinski definition) is 1. The molecule has 3 heterocycles. The van der Waals surface area contributed by atoms with Gasteiger partial charge in [-0.1, -0.05) is 0 Å². The van der Waals surface area contributed by atoms with Crippen LogP contribution in [-0.2, 0) is 11.3 Å². The molecule has 1 aromatic rings. The molecular formula is C19H32N4OS. The third-order valence-electron chi connectivity index (χ3n) is 5.65. The van der Waals surface area contributed by atoms with E-state index in [9.17, 15) is 4.79 Å². The summed E-state index contributed by atoms with van der Waals surface area (Å²) in [5.41, 5.74) is 1.03. The first kappa shape index (κ1) is 18.8. The smallest absolute Gasteiger partial charge is 0.224 e. The van der Waals surface area contributed by atoms with Crippen LogP contribution in [0.2, 0.25) is 0 Å².